The molecule has 6 rings (SSSR count). The molecule has 0 aliphatic rings. The number of hydrogen-bond donors (Lipinski definition) is 1. The number of nitrogens with one attached hydrogen (secondary N) is 1. The molecule has 0 unspecified atom stereocenters. The summed E-state index contributed by atoms with van der Waals surface area (Å²) in [7, 11) is 0. The number of aromatic nitrogens is 4. The van der Waals surface area contributed by atoms with Gasteiger partial charge in [-0.15, -0.1) is 11.3 Å². The molecule has 7 heteroatoms. The van der Waals surface area contributed by atoms with Gasteiger partial charge in [-0.1, -0.05) is 23.7 Å². The number of H-pyrrole nitrogens is 1. The maximum Gasteiger partial charge on any atom is 0.124 e. The number of pyridine rings is 1. The number of aromatic amines is 1. The monoisotopic (exact) mass is 552 g/mol. The molecule has 0 fully saturated rings. The molecule has 0 amide bonds. The van der Waals surface area contributed by atoms with E-state index in [9.17, 15) is 0 Å². The fourth-order valence-corrected chi connectivity index (χ4v) is 6.12. The zero-order valence-corrected chi connectivity index (χ0v) is 24.2. The molecule has 0 aliphatic heterocycles. The van der Waals surface area contributed by atoms with Crippen LogP contribution in [0, 0.1) is 13.8 Å². The summed E-state index contributed by atoms with van der Waals surface area (Å²) >= 11 is 7.95. The summed E-state index contributed by atoms with van der Waals surface area (Å²) in [6.07, 6.45) is 3.71. The Labute approximate surface area is 236 Å². The van der Waals surface area contributed by atoms with Gasteiger partial charge in [0.1, 0.15) is 5.01 Å². The molecule has 0 radical (unpaired) electrons. The van der Waals surface area contributed by atoms with E-state index in [0.717, 1.165) is 65.2 Å². The summed E-state index contributed by atoms with van der Waals surface area (Å²) in [5.41, 5.74) is 10.5. The molecule has 0 aliphatic carbocycles. The summed E-state index contributed by atoms with van der Waals surface area (Å²) in [6, 6.07) is 18.6. The van der Waals surface area contributed by atoms with Crippen LogP contribution in [0.1, 0.15) is 37.5 Å². The van der Waals surface area contributed by atoms with Crippen LogP contribution in [-0.4, -0.2) is 25.8 Å². The number of aryl methyl sites for hydroxylation is 2. The fourth-order valence-electron chi connectivity index (χ4n) is 4.86. The summed E-state index contributed by atoms with van der Waals surface area (Å²) in [5.74, 6) is 0. The van der Waals surface area contributed by atoms with Crippen molar-refractivity contribution in [2.45, 2.75) is 46.8 Å². The lowest BCUT2D eigenvalue weighted by atomic mass is 9.95. The molecule has 39 heavy (non-hydrogen) atoms. The Kier molecular flexibility index (Phi) is 6.50. The van der Waals surface area contributed by atoms with Gasteiger partial charge in [0.2, 0.25) is 0 Å². The van der Waals surface area contributed by atoms with Gasteiger partial charge in [-0.25, -0.2) is 4.98 Å². The third-order valence-electron chi connectivity index (χ3n) is 6.84. The zero-order valence-electron chi connectivity index (χ0n) is 22.6. The van der Waals surface area contributed by atoms with E-state index in [2.05, 4.69) is 86.2 Å². The van der Waals surface area contributed by atoms with Gasteiger partial charge in [-0.2, -0.15) is 5.10 Å². The van der Waals surface area contributed by atoms with Crippen LogP contribution in [0.25, 0.3) is 54.1 Å². The average molecular weight is 553 g/mol. The lowest BCUT2D eigenvalue weighted by Crippen LogP contribution is -2.19. The Morgan fingerprint density at radius 3 is 2.49 bits per heavy atom. The lowest BCUT2D eigenvalue weighted by Gasteiger charge is -2.22. The van der Waals surface area contributed by atoms with Crippen molar-refractivity contribution in [2.24, 2.45) is 0 Å². The van der Waals surface area contributed by atoms with Crippen LogP contribution in [0.2, 0.25) is 5.02 Å². The molecule has 0 spiro atoms. The normalized spacial score (nSPS) is 12.1. The lowest BCUT2D eigenvalue weighted by molar-refractivity contribution is -0.0149. The van der Waals surface area contributed by atoms with Crippen molar-refractivity contribution in [1.29, 1.82) is 0 Å². The van der Waals surface area contributed by atoms with E-state index in [-0.39, 0.29) is 5.60 Å². The zero-order chi connectivity index (χ0) is 27.3. The first-order chi connectivity index (χ1) is 18.7. The predicted octanol–water partition coefficient (Wildman–Crippen LogP) is 9.15. The Morgan fingerprint density at radius 2 is 1.72 bits per heavy atom. The highest BCUT2D eigenvalue weighted by molar-refractivity contribution is 7.22. The second-order valence-corrected chi connectivity index (χ2v) is 12.3. The number of ether oxygens (including phenoxy) is 1. The second kappa shape index (κ2) is 9.87. The molecule has 3 heterocycles. The SMILES string of the molecule is Cc1cc2nc(-c3ccnc(-c4cc(C)c5[nH]ncc5c4)c3)sc2c(-c2ccc(Cl)cc2)c1COC(C)(C)C. The highest BCUT2D eigenvalue weighted by Gasteiger charge is 2.20. The highest BCUT2D eigenvalue weighted by atomic mass is 35.5. The number of hydrogen-bond acceptors (Lipinski definition) is 5. The van der Waals surface area contributed by atoms with E-state index in [0.29, 0.717) is 11.6 Å². The van der Waals surface area contributed by atoms with Crippen LogP contribution in [0.15, 0.2) is 67.0 Å². The molecule has 1 N–H and O–H groups in total. The van der Waals surface area contributed by atoms with Crippen LogP contribution in [-0.2, 0) is 11.3 Å². The van der Waals surface area contributed by atoms with Gasteiger partial charge in [-0.05, 0) is 99.3 Å². The first kappa shape index (κ1) is 25.7. The molecule has 0 atom stereocenters. The summed E-state index contributed by atoms with van der Waals surface area (Å²) in [5, 5.41) is 10.0. The van der Waals surface area contributed by atoms with Crippen molar-refractivity contribution in [2.75, 3.05) is 0 Å². The van der Waals surface area contributed by atoms with Crippen LogP contribution in [0.4, 0.5) is 0 Å². The summed E-state index contributed by atoms with van der Waals surface area (Å²) in [4.78, 5) is 9.79. The number of rotatable bonds is 5. The molecular weight excluding hydrogens is 524 g/mol. The Hall–Kier alpha value is -3.58. The van der Waals surface area contributed by atoms with Crippen LogP contribution in [0.5, 0.6) is 0 Å². The molecule has 0 saturated carbocycles. The number of thiazole rings is 1. The molecule has 0 saturated heterocycles. The average Bonchev–Trinajstić information content (AvgIpc) is 3.55. The molecular formula is C32H29ClN4OS. The van der Waals surface area contributed by atoms with Gasteiger partial charge in [0, 0.05) is 33.3 Å². The van der Waals surface area contributed by atoms with Crippen molar-refractivity contribution in [3.63, 3.8) is 0 Å². The molecule has 3 aromatic carbocycles. The van der Waals surface area contributed by atoms with Crippen LogP contribution >= 0.6 is 22.9 Å². The van der Waals surface area contributed by atoms with Gasteiger partial charge >= 0.3 is 0 Å². The highest BCUT2D eigenvalue weighted by Crippen LogP contribution is 2.42. The smallest absolute Gasteiger partial charge is 0.124 e. The number of fused-ring (bicyclic) bond motifs is 2. The maximum atomic E-state index is 6.26. The molecule has 5 nitrogen and oxygen atoms in total. The third kappa shape index (κ3) is 5.08. The molecule has 6 aromatic rings. The van der Waals surface area contributed by atoms with Crippen LogP contribution in [0.3, 0.4) is 0 Å². The maximum absolute atomic E-state index is 6.26. The topological polar surface area (TPSA) is 63.7 Å². The molecule has 0 bridgehead atoms. The van der Waals surface area contributed by atoms with E-state index in [1.807, 2.05) is 30.6 Å². The first-order valence-electron chi connectivity index (χ1n) is 12.9. The number of halogens is 1. The Balaban J connectivity index is 1.49. The molecule has 196 valence electrons. The third-order valence-corrected chi connectivity index (χ3v) is 8.23. The summed E-state index contributed by atoms with van der Waals surface area (Å²) in [6.45, 7) is 11.0. The van der Waals surface area contributed by atoms with E-state index in [1.54, 1.807) is 11.3 Å². The Morgan fingerprint density at radius 1 is 0.923 bits per heavy atom. The van der Waals surface area contributed by atoms with Gasteiger partial charge < -0.3 is 4.74 Å². The van der Waals surface area contributed by atoms with Gasteiger partial charge in [-0.3, -0.25) is 10.1 Å². The predicted molar refractivity (Wildman–Crippen MR) is 162 cm³/mol. The van der Waals surface area contributed by atoms with E-state index in [4.69, 9.17) is 21.3 Å². The second-order valence-electron chi connectivity index (χ2n) is 10.9. The quantitative estimate of drug-likeness (QED) is 0.231. The van der Waals surface area contributed by atoms with Gasteiger partial charge in [0.05, 0.1) is 39.8 Å². The minimum absolute atomic E-state index is 0.247. The largest absolute Gasteiger partial charge is 0.371 e. The van der Waals surface area contributed by atoms with Crippen molar-refractivity contribution in [1.82, 2.24) is 20.2 Å². The van der Waals surface area contributed by atoms with E-state index < -0.39 is 0 Å². The van der Waals surface area contributed by atoms with Gasteiger partial charge in [0.25, 0.3) is 0 Å². The van der Waals surface area contributed by atoms with Gasteiger partial charge in [0.15, 0.2) is 0 Å². The van der Waals surface area contributed by atoms with Crippen molar-refractivity contribution >= 4 is 44.1 Å². The summed E-state index contributed by atoms with van der Waals surface area (Å²) < 4.78 is 7.40. The van der Waals surface area contributed by atoms with Crippen molar-refractivity contribution in [3.8, 4) is 33.0 Å². The van der Waals surface area contributed by atoms with Crippen molar-refractivity contribution < 1.29 is 4.74 Å². The fraction of sp³-hybridized carbons (Fsp3) is 0.219. The minimum Gasteiger partial charge on any atom is -0.371 e. The van der Waals surface area contributed by atoms with E-state index >= 15 is 0 Å². The number of nitrogens with zero attached hydrogens (tertiary/aromatic N) is 3. The van der Waals surface area contributed by atoms with E-state index in [1.165, 1.54) is 5.56 Å². The number of benzene rings is 3. The Bertz CT molecular complexity index is 1830. The standard InChI is InChI=1S/C32H29ClN4OS/c1-18-13-27-30(28(20-6-8-24(33)9-7-20)25(18)17-38-32(3,4)5)39-31(36-27)21-10-11-34-26(15-21)22-12-19(2)29-23(14-22)16-35-37-29/h6-16H,17H2,1-5H3,(H,35,37). The minimum atomic E-state index is -0.247. The van der Waals surface area contributed by atoms with Crippen molar-refractivity contribution in [3.05, 3.63) is 88.7 Å². The first-order valence-corrected chi connectivity index (χ1v) is 14.1. The molecule has 3 aromatic heterocycles. The van der Waals surface area contributed by atoms with Crippen LogP contribution < -0.4 is 0 Å².